The van der Waals surface area contributed by atoms with Crippen LogP contribution in [0.1, 0.15) is 96.8 Å². The van der Waals surface area contributed by atoms with E-state index in [-0.39, 0.29) is 0 Å². The lowest BCUT2D eigenvalue weighted by atomic mass is 10.1. The van der Waals surface area contributed by atoms with Crippen molar-refractivity contribution in [2.24, 2.45) is 0 Å². The molecule has 0 aliphatic rings. The van der Waals surface area contributed by atoms with Crippen LogP contribution in [0, 0.1) is 0 Å². The summed E-state index contributed by atoms with van der Waals surface area (Å²) < 4.78 is 10.5. The van der Waals surface area contributed by atoms with Crippen LogP contribution in [0.25, 0.3) is 0 Å². The minimum atomic E-state index is -1.90. The van der Waals surface area contributed by atoms with Crippen molar-refractivity contribution in [2.75, 3.05) is 6.16 Å². The summed E-state index contributed by atoms with van der Waals surface area (Å²) >= 11 is 0. The summed E-state index contributed by atoms with van der Waals surface area (Å²) in [6, 6.07) is 0. The number of allylic oxidation sites excluding steroid dienone is 2. The Morgan fingerprint density at radius 2 is 1.14 bits per heavy atom. The van der Waals surface area contributed by atoms with Gasteiger partial charge < -0.3 is 0 Å². The minimum absolute atomic E-state index is 0.483. The Morgan fingerprint density at radius 1 is 0.714 bits per heavy atom. The van der Waals surface area contributed by atoms with Gasteiger partial charge in [0.25, 0.3) is 0 Å². The van der Waals surface area contributed by atoms with Crippen molar-refractivity contribution in [3.05, 3.63) is 12.2 Å². The molecular weight excluding hydrogens is 279 g/mol. The predicted octanol–water partition coefficient (Wildman–Crippen LogP) is 6.76. The highest BCUT2D eigenvalue weighted by molar-refractivity contribution is 7.37. The molecule has 0 spiro atoms. The fourth-order valence-electron chi connectivity index (χ4n) is 2.49. The number of rotatable bonds is 16. The Hall–Kier alpha value is -0.200. The van der Waals surface area contributed by atoms with E-state index >= 15 is 0 Å². The maximum absolute atomic E-state index is 10.5. The lowest BCUT2D eigenvalue weighted by Crippen LogP contribution is -1.82. The molecule has 0 amide bonds. The molecule has 0 aliphatic heterocycles. The van der Waals surface area contributed by atoms with E-state index < -0.39 is 8.03 Å². The monoisotopic (exact) mass is 315 g/mol. The van der Waals surface area contributed by atoms with Gasteiger partial charge in [0.2, 0.25) is 0 Å². The first-order valence-corrected chi connectivity index (χ1v) is 10.5. The largest absolute Gasteiger partial charge is 0.505 e. The highest BCUT2D eigenvalue weighted by atomic mass is 31.1. The average molecular weight is 315 g/mol. The maximum atomic E-state index is 10.5. The smallest absolute Gasteiger partial charge is 0.161 e. The summed E-state index contributed by atoms with van der Waals surface area (Å²) in [6.07, 6.45) is 23.1. The van der Waals surface area contributed by atoms with Gasteiger partial charge in [0.05, 0.1) is 0 Å². The van der Waals surface area contributed by atoms with Gasteiger partial charge in [0, 0.05) is 0 Å². The zero-order valence-corrected chi connectivity index (χ0v) is 15.0. The van der Waals surface area contributed by atoms with Crippen LogP contribution >= 0.6 is 8.03 Å². The second-order valence-electron chi connectivity index (χ2n) is 6.01. The van der Waals surface area contributed by atoms with Crippen molar-refractivity contribution in [2.45, 2.75) is 96.8 Å². The molecule has 124 valence electrons. The van der Waals surface area contributed by atoms with Crippen molar-refractivity contribution in [3.8, 4) is 0 Å². The first kappa shape index (κ1) is 20.8. The summed E-state index contributed by atoms with van der Waals surface area (Å²) in [6.45, 7) is 2.26. The third-order valence-corrected chi connectivity index (χ3v) is 4.56. The molecule has 2 nitrogen and oxygen atoms in total. The third-order valence-electron chi connectivity index (χ3n) is 3.86. The Kier molecular flexibility index (Phi) is 17.7. The topological polar surface area (TPSA) is 37.3 Å². The molecular formula is C18H36O2P+. The van der Waals surface area contributed by atoms with E-state index in [0.29, 0.717) is 6.16 Å². The SMILES string of the molecule is CCCCCCCC/C=C\CCCCCCCC[P+](=O)O. The first-order chi connectivity index (χ1) is 10.3. The van der Waals surface area contributed by atoms with E-state index in [1.807, 2.05) is 0 Å². The fraction of sp³-hybridized carbons (Fsp3) is 0.889. The first-order valence-electron chi connectivity index (χ1n) is 9.06. The molecule has 0 heterocycles. The van der Waals surface area contributed by atoms with Crippen LogP contribution in [-0.2, 0) is 4.57 Å². The average Bonchev–Trinajstić information content (AvgIpc) is 2.46. The Bertz CT molecular complexity index is 252. The molecule has 1 N–H and O–H groups in total. The van der Waals surface area contributed by atoms with E-state index in [0.717, 1.165) is 12.8 Å². The van der Waals surface area contributed by atoms with Crippen LogP contribution in [0.5, 0.6) is 0 Å². The number of hydrogen-bond donors (Lipinski definition) is 1. The second kappa shape index (κ2) is 17.9. The maximum Gasteiger partial charge on any atom is 0.505 e. The fourth-order valence-corrected chi connectivity index (χ4v) is 2.99. The van der Waals surface area contributed by atoms with Crippen molar-refractivity contribution < 1.29 is 9.46 Å². The number of unbranched alkanes of at least 4 members (excludes halogenated alkanes) is 12. The second-order valence-corrected chi connectivity index (χ2v) is 7.17. The molecule has 0 aromatic heterocycles. The van der Waals surface area contributed by atoms with Crippen LogP contribution in [0.4, 0.5) is 0 Å². The van der Waals surface area contributed by atoms with E-state index in [4.69, 9.17) is 4.89 Å². The van der Waals surface area contributed by atoms with Gasteiger partial charge in [0.1, 0.15) is 0 Å². The van der Waals surface area contributed by atoms with Crippen LogP contribution in [0.3, 0.4) is 0 Å². The standard InChI is InChI=1S/C18H35O2P/c1-2-3-4-5-6-7-8-9-10-11-12-13-14-15-16-17-18-21(19)20/h9-10H,2-8,11-18H2,1H3/p+1/b10-9-. The van der Waals surface area contributed by atoms with Gasteiger partial charge in [0.15, 0.2) is 6.16 Å². The summed E-state index contributed by atoms with van der Waals surface area (Å²) in [5.74, 6) is 0. The van der Waals surface area contributed by atoms with E-state index in [1.165, 1.54) is 77.0 Å². The highest BCUT2D eigenvalue weighted by Gasteiger charge is 2.07. The van der Waals surface area contributed by atoms with Gasteiger partial charge in [-0.3, -0.25) is 0 Å². The molecule has 0 aromatic carbocycles. The van der Waals surface area contributed by atoms with E-state index in [1.54, 1.807) is 0 Å². The van der Waals surface area contributed by atoms with Crippen molar-refractivity contribution in [1.29, 1.82) is 0 Å². The molecule has 0 radical (unpaired) electrons. The quantitative estimate of drug-likeness (QED) is 0.194. The molecule has 1 atom stereocenters. The molecule has 0 fully saturated rings. The predicted molar refractivity (Wildman–Crippen MR) is 94.1 cm³/mol. The van der Waals surface area contributed by atoms with Crippen LogP contribution in [0.15, 0.2) is 12.2 Å². The molecule has 3 heteroatoms. The zero-order chi connectivity index (χ0) is 15.6. The molecule has 0 aromatic rings. The molecule has 0 saturated heterocycles. The van der Waals surface area contributed by atoms with Crippen LogP contribution < -0.4 is 0 Å². The normalized spacial score (nSPS) is 12.2. The number of hydrogen-bond acceptors (Lipinski definition) is 1. The Morgan fingerprint density at radius 3 is 1.62 bits per heavy atom. The van der Waals surface area contributed by atoms with Crippen molar-refractivity contribution in [1.82, 2.24) is 0 Å². The Labute approximate surface area is 133 Å². The Balaban J connectivity index is 3.07. The van der Waals surface area contributed by atoms with Crippen molar-refractivity contribution >= 4 is 8.03 Å². The van der Waals surface area contributed by atoms with E-state index in [2.05, 4.69) is 19.1 Å². The lowest BCUT2D eigenvalue weighted by Gasteiger charge is -1.99. The molecule has 0 bridgehead atoms. The van der Waals surface area contributed by atoms with Crippen molar-refractivity contribution in [3.63, 3.8) is 0 Å². The summed E-state index contributed by atoms with van der Waals surface area (Å²) in [7, 11) is -1.90. The molecule has 0 aliphatic carbocycles. The van der Waals surface area contributed by atoms with Gasteiger partial charge >= 0.3 is 8.03 Å². The van der Waals surface area contributed by atoms with Crippen LogP contribution in [-0.4, -0.2) is 11.1 Å². The van der Waals surface area contributed by atoms with Gasteiger partial charge in [-0.05, 0) is 43.1 Å². The van der Waals surface area contributed by atoms with Gasteiger partial charge in [-0.15, -0.1) is 0 Å². The molecule has 21 heavy (non-hydrogen) atoms. The molecule has 0 rings (SSSR count). The van der Waals surface area contributed by atoms with E-state index in [9.17, 15) is 4.57 Å². The zero-order valence-electron chi connectivity index (χ0n) is 14.1. The third kappa shape index (κ3) is 19.8. The van der Waals surface area contributed by atoms with Gasteiger partial charge in [-0.25, -0.2) is 0 Å². The molecule has 1 unspecified atom stereocenters. The van der Waals surface area contributed by atoms with Gasteiger partial charge in [-0.2, -0.15) is 4.89 Å². The summed E-state index contributed by atoms with van der Waals surface area (Å²) in [5, 5.41) is 0. The lowest BCUT2D eigenvalue weighted by molar-refractivity contribution is 0.498. The summed E-state index contributed by atoms with van der Waals surface area (Å²) in [4.78, 5) is 8.67. The van der Waals surface area contributed by atoms with Gasteiger partial charge in [-0.1, -0.05) is 70.4 Å². The minimum Gasteiger partial charge on any atom is -0.161 e. The molecule has 0 saturated carbocycles. The van der Waals surface area contributed by atoms with Crippen LogP contribution in [0.2, 0.25) is 0 Å². The highest BCUT2D eigenvalue weighted by Crippen LogP contribution is 2.17. The summed E-state index contributed by atoms with van der Waals surface area (Å²) in [5.41, 5.74) is 0.